The van der Waals surface area contributed by atoms with E-state index in [0.29, 0.717) is 25.0 Å². The van der Waals surface area contributed by atoms with Gasteiger partial charge in [0.1, 0.15) is 5.76 Å². The van der Waals surface area contributed by atoms with Gasteiger partial charge in [0.15, 0.2) is 0 Å². The predicted octanol–water partition coefficient (Wildman–Crippen LogP) is 1.16. The van der Waals surface area contributed by atoms with Crippen LogP contribution in [-0.4, -0.2) is 17.7 Å². The van der Waals surface area contributed by atoms with E-state index in [2.05, 4.69) is 0 Å². The third-order valence-electron chi connectivity index (χ3n) is 1.52. The Labute approximate surface area is 59.3 Å². The van der Waals surface area contributed by atoms with Crippen LogP contribution in [0.2, 0.25) is 0 Å². The number of hydrogen-bond acceptors (Lipinski definition) is 3. The van der Waals surface area contributed by atoms with Gasteiger partial charge in [-0.1, -0.05) is 6.92 Å². The van der Waals surface area contributed by atoms with E-state index < -0.39 is 0 Å². The molecule has 0 saturated carbocycles. The Kier molecular flexibility index (Phi) is 1.94. The van der Waals surface area contributed by atoms with E-state index in [1.807, 2.05) is 6.92 Å². The zero-order valence-electron chi connectivity index (χ0n) is 5.89. The average molecular weight is 142 g/mol. The van der Waals surface area contributed by atoms with E-state index in [-0.39, 0.29) is 11.7 Å². The number of ether oxygens (including phenoxy) is 1. The van der Waals surface area contributed by atoms with Gasteiger partial charge in [0.05, 0.1) is 12.2 Å². The maximum Gasteiger partial charge on any atom is 0.337 e. The molecule has 0 aromatic carbocycles. The topological polar surface area (TPSA) is 46.5 Å². The SMILES string of the molecule is CCC1=C(O)CCOC1=O. The monoisotopic (exact) mass is 142 g/mol. The molecule has 1 aliphatic rings. The van der Waals surface area contributed by atoms with Gasteiger partial charge in [-0.05, 0) is 6.42 Å². The Balaban J connectivity index is 2.84. The van der Waals surface area contributed by atoms with Crippen molar-refractivity contribution in [3.05, 3.63) is 11.3 Å². The van der Waals surface area contributed by atoms with Gasteiger partial charge in [-0.3, -0.25) is 0 Å². The van der Waals surface area contributed by atoms with E-state index >= 15 is 0 Å². The summed E-state index contributed by atoms with van der Waals surface area (Å²) in [4.78, 5) is 10.8. The van der Waals surface area contributed by atoms with Crippen molar-refractivity contribution in [2.75, 3.05) is 6.61 Å². The molecule has 0 aliphatic carbocycles. The van der Waals surface area contributed by atoms with Crippen molar-refractivity contribution >= 4 is 5.97 Å². The van der Waals surface area contributed by atoms with E-state index in [4.69, 9.17) is 9.84 Å². The van der Waals surface area contributed by atoms with E-state index in [1.54, 1.807) is 0 Å². The van der Waals surface area contributed by atoms with Crippen LogP contribution in [0.3, 0.4) is 0 Å². The molecule has 0 radical (unpaired) electrons. The minimum atomic E-state index is -0.369. The highest BCUT2D eigenvalue weighted by Gasteiger charge is 2.19. The lowest BCUT2D eigenvalue weighted by Gasteiger charge is -2.13. The molecule has 3 heteroatoms. The van der Waals surface area contributed by atoms with Crippen LogP contribution >= 0.6 is 0 Å². The molecule has 1 aliphatic heterocycles. The first kappa shape index (κ1) is 7.12. The second-order valence-electron chi connectivity index (χ2n) is 2.16. The molecule has 1 rings (SSSR count). The lowest BCUT2D eigenvalue weighted by molar-refractivity contribution is -0.140. The molecule has 1 N–H and O–H groups in total. The Hall–Kier alpha value is -0.990. The van der Waals surface area contributed by atoms with Crippen LogP contribution in [0.1, 0.15) is 19.8 Å². The quantitative estimate of drug-likeness (QED) is 0.559. The maximum absolute atomic E-state index is 10.8. The van der Waals surface area contributed by atoms with Crippen molar-refractivity contribution in [3.8, 4) is 0 Å². The first-order chi connectivity index (χ1) is 4.75. The number of aliphatic hydroxyl groups is 1. The average Bonchev–Trinajstić information content (AvgIpc) is 1.88. The molecule has 0 aromatic rings. The van der Waals surface area contributed by atoms with Crippen LogP contribution in [0, 0.1) is 0 Å². The summed E-state index contributed by atoms with van der Waals surface area (Å²) in [5, 5.41) is 9.12. The molecule has 0 aromatic heterocycles. The summed E-state index contributed by atoms with van der Waals surface area (Å²) in [6.07, 6.45) is 1.01. The largest absolute Gasteiger partial charge is 0.512 e. The highest BCUT2D eigenvalue weighted by Crippen LogP contribution is 2.16. The number of rotatable bonds is 1. The van der Waals surface area contributed by atoms with Gasteiger partial charge in [-0.2, -0.15) is 0 Å². The summed E-state index contributed by atoms with van der Waals surface area (Å²) in [6.45, 7) is 2.13. The normalized spacial score (nSPS) is 19.1. The molecule has 10 heavy (non-hydrogen) atoms. The fourth-order valence-electron chi connectivity index (χ4n) is 0.945. The van der Waals surface area contributed by atoms with Crippen molar-refractivity contribution < 1.29 is 14.6 Å². The fourth-order valence-corrected chi connectivity index (χ4v) is 0.945. The number of cyclic esters (lactones) is 1. The third kappa shape index (κ3) is 1.12. The second kappa shape index (κ2) is 2.73. The summed E-state index contributed by atoms with van der Waals surface area (Å²) in [6, 6.07) is 0. The maximum atomic E-state index is 10.8. The molecule has 0 unspecified atom stereocenters. The molecule has 0 bridgehead atoms. The number of aliphatic hydroxyl groups excluding tert-OH is 1. The third-order valence-corrected chi connectivity index (χ3v) is 1.52. The van der Waals surface area contributed by atoms with Crippen molar-refractivity contribution in [2.45, 2.75) is 19.8 Å². The minimum Gasteiger partial charge on any atom is -0.512 e. The summed E-state index contributed by atoms with van der Waals surface area (Å²) in [5.41, 5.74) is 0.422. The molecule has 0 amide bonds. The van der Waals surface area contributed by atoms with Crippen LogP contribution in [0.25, 0.3) is 0 Å². The Morgan fingerprint density at radius 2 is 2.40 bits per heavy atom. The van der Waals surface area contributed by atoms with Crippen molar-refractivity contribution in [1.82, 2.24) is 0 Å². The van der Waals surface area contributed by atoms with Crippen molar-refractivity contribution in [3.63, 3.8) is 0 Å². The van der Waals surface area contributed by atoms with E-state index in [1.165, 1.54) is 0 Å². The van der Waals surface area contributed by atoms with Crippen LogP contribution in [0.5, 0.6) is 0 Å². The number of esters is 1. The van der Waals surface area contributed by atoms with E-state index in [0.717, 1.165) is 0 Å². The zero-order chi connectivity index (χ0) is 7.56. The van der Waals surface area contributed by atoms with Crippen LogP contribution < -0.4 is 0 Å². The van der Waals surface area contributed by atoms with Gasteiger partial charge in [0.2, 0.25) is 0 Å². The molecule has 1 heterocycles. The second-order valence-corrected chi connectivity index (χ2v) is 2.16. The first-order valence-corrected chi connectivity index (χ1v) is 3.33. The van der Waals surface area contributed by atoms with Crippen molar-refractivity contribution in [1.29, 1.82) is 0 Å². The highest BCUT2D eigenvalue weighted by molar-refractivity contribution is 5.89. The minimum absolute atomic E-state index is 0.193. The summed E-state index contributed by atoms with van der Waals surface area (Å²) >= 11 is 0. The highest BCUT2D eigenvalue weighted by atomic mass is 16.5. The van der Waals surface area contributed by atoms with E-state index in [9.17, 15) is 4.79 Å². The van der Waals surface area contributed by atoms with Gasteiger partial charge in [0.25, 0.3) is 0 Å². The van der Waals surface area contributed by atoms with Crippen molar-refractivity contribution in [2.24, 2.45) is 0 Å². The molecule has 56 valence electrons. The Morgan fingerprint density at radius 1 is 1.70 bits per heavy atom. The van der Waals surface area contributed by atoms with Gasteiger partial charge in [0, 0.05) is 6.42 Å². The molecule has 0 saturated heterocycles. The molecule has 0 fully saturated rings. The number of carbonyl (C=O) groups excluding carboxylic acids is 1. The molecular formula is C7H10O3. The molecule has 0 atom stereocenters. The smallest absolute Gasteiger partial charge is 0.337 e. The summed E-state index contributed by atoms with van der Waals surface area (Å²) in [5.74, 6) is -0.176. The predicted molar refractivity (Wildman–Crippen MR) is 35.5 cm³/mol. The van der Waals surface area contributed by atoms with Crippen LogP contribution in [0.4, 0.5) is 0 Å². The fraction of sp³-hybridized carbons (Fsp3) is 0.571. The Bertz CT molecular complexity index is 181. The Morgan fingerprint density at radius 3 is 2.80 bits per heavy atom. The molecule has 3 nitrogen and oxygen atoms in total. The lowest BCUT2D eigenvalue weighted by atomic mass is 10.1. The molecular weight excluding hydrogens is 132 g/mol. The number of hydrogen-bond donors (Lipinski definition) is 1. The van der Waals surface area contributed by atoms with Gasteiger partial charge in [-0.25, -0.2) is 4.79 Å². The summed E-state index contributed by atoms with van der Waals surface area (Å²) < 4.78 is 4.69. The number of carbonyl (C=O) groups is 1. The van der Waals surface area contributed by atoms with Crippen LogP contribution in [0.15, 0.2) is 11.3 Å². The standard InChI is InChI=1S/C7H10O3/c1-2-5-6(8)3-4-10-7(5)9/h8H,2-4H2,1H3. The van der Waals surface area contributed by atoms with Gasteiger partial charge in [-0.15, -0.1) is 0 Å². The van der Waals surface area contributed by atoms with Gasteiger partial charge < -0.3 is 9.84 Å². The van der Waals surface area contributed by atoms with Gasteiger partial charge >= 0.3 is 5.97 Å². The zero-order valence-corrected chi connectivity index (χ0v) is 5.89. The lowest BCUT2D eigenvalue weighted by Crippen LogP contribution is -2.17. The molecule has 0 spiro atoms. The first-order valence-electron chi connectivity index (χ1n) is 3.33. The van der Waals surface area contributed by atoms with Crippen LogP contribution in [-0.2, 0) is 9.53 Å². The summed E-state index contributed by atoms with van der Waals surface area (Å²) in [7, 11) is 0.